The predicted octanol–water partition coefficient (Wildman–Crippen LogP) is 15.2. The Kier molecular flexibility index (Phi) is 15.6. The van der Waals surface area contributed by atoms with Gasteiger partial charge in [-0.25, -0.2) is 9.59 Å². The monoisotopic (exact) mass is 964 g/mol. The Labute approximate surface area is 413 Å². The van der Waals surface area contributed by atoms with Gasteiger partial charge in [-0.1, -0.05) is 167 Å². The van der Waals surface area contributed by atoms with E-state index in [2.05, 4.69) is 13.2 Å². The van der Waals surface area contributed by atoms with Crippen LogP contribution in [0.1, 0.15) is 74.8 Å². The smallest absolute Gasteiger partial charge is 0.339 e. The summed E-state index contributed by atoms with van der Waals surface area (Å²) >= 11 is 5.35. The van der Waals surface area contributed by atoms with Crippen molar-refractivity contribution in [3.63, 3.8) is 0 Å². The third-order valence-corrected chi connectivity index (χ3v) is 15.2. The third kappa shape index (κ3) is 11.0. The van der Waals surface area contributed by atoms with Gasteiger partial charge in [-0.3, -0.25) is 9.59 Å². The van der Waals surface area contributed by atoms with E-state index in [1.165, 1.54) is 47.0 Å². The van der Waals surface area contributed by atoms with E-state index >= 15 is 9.59 Å². The van der Waals surface area contributed by atoms with Crippen LogP contribution in [0.25, 0.3) is 0 Å². The van der Waals surface area contributed by atoms with Crippen LogP contribution in [0.2, 0.25) is 0 Å². The van der Waals surface area contributed by atoms with Crippen molar-refractivity contribution in [2.45, 2.75) is 66.2 Å². The van der Waals surface area contributed by atoms with Gasteiger partial charge in [-0.2, -0.15) is 0 Å². The number of ether oxygens (including phenoxy) is 2. The van der Waals surface area contributed by atoms with Gasteiger partial charge < -0.3 is 9.47 Å². The standard InChI is InChI=1S/C56H40O6S4.C2H4/c1-35-21-25-39(26-22-35)63-45-29-31-47(65-43-19-11-9-17-41(43)55(59)61-33-37-13-5-3-6-14-37)51-49(45)53(57)52-48(32-30-46(50(52)54(51)58)64-40-27-23-36(2)24-28-40)66-44-20-12-10-18-42(44)56(60)62-34-38-15-7-4-8-16-38;1-2/h3-32H,33-34H2,1-2H3;1-2H2. The highest BCUT2D eigenvalue weighted by Gasteiger charge is 2.38. The van der Waals surface area contributed by atoms with Gasteiger partial charge in [0, 0.05) is 61.4 Å². The largest absolute Gasteiger partial charge is 0.457 e. The molecule has 0 saturated heterocycles. The van der Waals surface area contributed by atoms with Gasteiger partial charge in [0.25, 0.3) is 0 Å². The zero-order valence-corrected chi connectivity index (χ0v) is 40.5. The second-order valence-corrected chi connectivity index (χ2v) is 19.8. The number of hydrogen-bond donors (Lipinski definition) is 0. The van der Waals surface area contributed by atoms with E-state index in [4.69, 9.17) is 9.47 Å². The van der Waals surface area contributed by atoms with Crippen LogP contribution in [0.5, 0.6) is 0 Å². The normalized spacial score (nSPS) is 11.4. The molecule has 9 rings (SSSR count). The maximum atomic E-state index is 15.7. The SMILES string of the molecule is C=C.Cc1ccc(Sc2ccc(Sc3ccccc3C(=O)OCc3ccccc3)c3c2C(=O)c2c(Sc4ccccc4C(=O)OCc4ccccc4)ccc(Sc4ccc(C)cc4)c2C3=O)cc1. The third-order valence-electron chi connectivity index (χ3n) is 10.7. The summed E-state index contributed by atoms with van der Waals surface area (Å²) in [6, 6.07) is 56.8. The molecule has 0 unspecified atom stereocenters. The van der Waals surface area contributed by atoms with E-state index in [0.717, 1.165) is 32.0 Å². The molecule has 0 N–H and O–H groups in total. The van der Waals surface area contributed by atoms with Gasteiger partial charge in [-0.15, -0.1) is 13.2 Å². The lowest BCUT2D eigenvalue weighted by molar-refractivity contribution is 0.0460. The van der Waals surface area contributed by atoms with Gasteiger partial charge >= 0.3 is 11.9 Å². The molecule has 0 saturated carbocycles. The van der Waals surface area contributed by atoms with Crippen molar-refractivity contribution in [1.82, 2.24) is 0 Å². The fourth-order valence-electron chi connectivity index (χ4n) is 7.37. The van der Waals surface area contributed by atoms with Crippen LogP contribution in [-0.4, -0.2) is 23.5 Å². The molecule has 0 aliphatic heterocycles. The summed E-state index contributed by atoms with van der Waals surface area (Å²) in [5.74, 6) is -1.63. The summed E-state index contributed by atoms with van der Waals surface area (Å²) in [4.78, 5) is 64.0. The molecule has 336 valence electrons. The molecule has 0 amide bonds. The van der Waals surface area contributed by atoms with Crippen LogP contribution >= 0.6 is 47.0 Å². The lowest BCUT2D eigenvalue weighted by Crippen LogP contribution is -2.24. The summed E-state index contributed by atoms with van der Waals surface area (Å²) in [6.45, 7) is 10.2. The van der Waals surface area contributed by atoms with Crippen LogP contribution in [-0.2, 0) is 22.7 Å². The average Bonchev–Trinajstić information content (AvgIpc) is 3.37. The first-order valence-corrected chi connectivity index (χ1v) is 24.8. The Morgan fingerprint density at radius 1 is 0.382 bits per heavy atom. The van der Waals surface area contributed by atoms with E-state index < -0.39 is 11.9 Å². The zero-order valence-electron chi connectivity index (χ0n) is 37.2. The Balaban J connectivity index is 0.00000308. The highest BCUT2D eigenvalue weighted by molar-refractivity contribution is 8.00. The lowest BCUT2D eigenvalue weighted by Gasteiger charge is -2.26. The lowest BCUT2D eigenvalue weighted by atomic mass is 9.84. The maximum Gasteiger partial charge on any atom is 0.339 e. The first-order chi connectivity index (χ1) is 33.2. The predicted molar refractivity (Wildman–Crippen MR) is 274 cm³/mol. The number of esters is 2. The van der Waals surface area contributed by atoms with Crippen LogP contribution in [0.4, 0.5) is 0 Å². The van der Waals surface area contributed by atoms with E-state index in [9.17, 15) is 9.59 Å². The van der Waals surface area contributed by atoms with Crippen molar-refractivity contribution in [2.24, 2.45) is 0 Å². The molecule has 6 nitrogen and oxygen atoms in total. The van der Waals surface area contributed by atoms with Crippen molar-refractivity contribution >= 4 is 70.6 Å². The number of aryl methyl sites for hydroxylation is 2. The van der Waals surface area contributed by atoms with E-state index in [-0.39, 0.29) is 47.0 Å². The fraction of sp³-hybridized carbons (Fsp3) is 0.0690. The molecule has 0 spiro atoms. The van der Waals surface area contributed by atoms with E-state index in [1.54, 1.807) is 24.3 Å². The molecule has 0 radical (unpaired) electrons. The molecule has 10 heteroatoms. The fourth-order valence-corrected chi connectivity index (χ4v) is 11.4. The number of ketones is 2. The molecule has 1 aliphatic rings. The molecule has 0 fully saturated rings. The first kappa shape index (κ1) is 47.7. The number of rotatable bonds is 14. The number of carbonyl (C=O) groups is 4. The average molecular weight is 965 g/mol. The minimum Gasteiger partial charge on any atom is -0.457 e. The topological polar surface area (TPSA) is 86.7 Å². The zero-order chi connectivity index (χ0) is 47.6. The summed E-state index contributed by atoms with van der Waals surface area (Å²) in [6.07, 6.45) is 0. The summed E-state index contributed by atoms with van der Waals surface area (Å²) in [7, 11) is 0. The van der Waals surface area contributed by atoms with Gasteiger partial charge in [0.15, 0.2) is 11.6 Å². The molecular formula is C58H44O6S4. The van der Waals surface area contributed by atoms with Crippen LogP contribution in [0.3, 0.4) is 0 Å². The number of hydrogen-bond acceptors (Lipinski definition) is 10. The Morgan fingerprint density at radius 3 is 1.04 bits per heavy atom. The minimum atomic E-state index is -0.502. The van der Waals surface area contributed by atoms with Crippen LogP contribution in [0.15, 0.2) is 234 Å². The van der Waals surface area contributed by atoms with Gasteiger partial charge in [0.05, 0.1) is 11.1 Å². The van der Waals surface area contributed by atoms with Crippen molar-refractivity contribution < 1.29 is 28.7 Å². The molecule has 0 aromatic heterocycles. The summed E-state index contributed by atoms with van der Waals surface area (Å²) < 4.78 is 11.5. The summed E-state index contributed by atoms with van der Waals surface area (Å²) in [5, 5.41) is 0. The molecule has 68 heavy (non-hydrogen) atoms. The number of benzene rings is 8. The highest BCUT2D eigenvalue weighted by atomic mass is 32.2. The van der Waals surface area contributed by atoms with Crippen LogP contribution in [0, 0.1) is 13.8 Å². The van der Waals surface area contributed by atoms with Crippen LogP contribution < -0.4 is 0 Å². The Morgan fingerprint density at radius 2 is 0.691 bits per heavy atom. The first-order valence-electron chi connectivity index (χ1n) is 21.6. The molecular weight excluding hydrogens is 921 g/mol. The number of fused-ring (bicyclic) bond motifs is 2. The summed E-state index contributed by atoms with van der Waals surface area (Å²) in [5.41, 5.74) is 5.68. The quantitative estimate of drug-likeness (QED) is 0.0776. The molecule has 1 aliphatic carbocycles. The molecule has 8 aromatic rings. The Hall–Kier alpha value is -6.82. The molecule has 8 aromatic carbocycles. The molecule has 0 atom stereocenters. The van der Waals surface area contributed by atoms with E-state index in [0.29, 0.717) is 40.5 Å². The van der Waals surface area contributed by atoms with Crippen molar-refractivity contribution in [1.29, 1.82) is 0 Å². The molecule has 0 heterocycles. The number of carbonyl (C=O) groups excluding carboxylic acids is 4. The molecule has 0 bridgehead atoms. The second-order valence-electron chi connectivity index (χ2n) is 15.4. The Bertz CT molecular complexity index is 2920. The second kappa shape index (κ2) is 22.3. The maximum absolute atomic E-state index is 15.7. The van der Waals surface area contributed by atoms with Gasteiger partial charge in [-0.05, 0) is 97.8 Å². The van der Waals surface area contributed by atoms with Crippen molar-refractivity contribution in [2.75, 3.05) is 0 Å². The highest BCUT2D eigenvalue weighted by Crippen LogP contribution is 2.49. The van der Waals surface area contributed by atoms with Crippen molar-refractivity contribution in [3.05, 3.63) is 251 Å². The van der Waals surface area contributed by atoms with Gasteiger partial charge in [0.1, 0.15) is 13.2 Å². The minimum absolute atomic E-state index is 0.101. The van der Waals surface area contributed by atoms with Crippen molar-refractivity contribution in [3.8, 4) is 0 Å². The van der Waals surface area contributed by atoms with E-state index in [1.807, 2.05) is 172 Å². The van der Waals surface area contributed by atoms with Gasteiger partial charge in [0.2, 0.25) is 0 Å².